The Hall–Kier alpha value is -3.12. The quantitative estimate of drug-likeness (QED) is 0.718. The molecule has 160 valence electrons. The van der Waals surface area contributed by atoms with Gasteiger partial charge in [0.1, 0.15) is 10.7 Å². The Kier molecular flexibility index (Phi) is 6.09. The van der Waals surface area contributed by atoms with Gasteiger partial charge in [-0.25, -0.2) is 0 Å². The van der Waals surface area contributed by atoms with Crippen molar-refractivity contribution in [2.45, 2.75) is 26.3 Å². The zero-order valence-electron chi connectivity index (χ0n) is 17.3. The van der Waals surface area contributed by atoms with Gasteiger partial charge < -0.3 is 10.2 Å². The molecule has 1 atom stereocenters. The summed E-state index contributed by atoms with van der Waals surface area (Å²) in [6, 6.07) is 16.1. The van der Waals surface area contributed by atoms with Crippen molar-refractivity contribution >= 4 is 35.0 Å². The Labute approximate surface area is 186 Å². The van der Waals surface area contributed by atoms with Crippen LogP contribution in [0.3, 0.4) is 0 Å². The number of nitrogens with one attached hydrogen (secondary N) is 1. The van der Waals surface area contributed by atoms with Crippen LogP contribution in [0.25, 0.3) is 0 Å². The van der Waals surface area contributed by atoms with Gasteiger partial charge in [0.05, 0.1) is 6.54 Å². The average molecular weight is 438 g/mol. The van der Waals surface area contributed by atoms with Crippen LogP contribution in [0.4, 0.5) is 5.69 Å². The molecule has 1 fully saturated rings. The summed E-state index contributed by atoms with van der Waals surface area (Å²) >= 11 is 6.18. The molecule has 31 heavy (non-hydrogen) atoms. The number of hydrogen-bond acceptors (Lipinski definition) is 4. The van der Waals surface area contributed by atoms with Gasteiger partial charge in [0.15, 0.2) is 0 Å². The monoisotopic (exact) mass is 437 g/mol. The summed E-state index contributed by atoms with van der Waals surface area (Å²) in [5.74, 6) is -0.473. The van der Waals surface area contributed by atoms with Crippen LogP contribution in [0, 0.1) is 5.92 Å². The highest BCUT2D eigenvalue weighted by atomic mass is 35.5. The van der Waals surface area contributed by atoms with E-state index in [1.54, 1.807) is 24.3 Å². The van der Waals surface area contributed by atoms with E-state index in [0.29, 0.717) is 17.2 Å². The van der Waals surface area contributed by atoms with Crippen LogP contribution >= 0.6 is 11.6 Å². The van der Waals surface area contributed by atoms with E-state index >= 15 is 0 Å². The first kappa shape index (κ1) is 21.1. The van der Waals surface area contributed by atoms with E-state index < -0.39 is 11.8 Å². The van der Waals surface area contributed by atoms with Crippen molar-refractivity contribution in [3.63, 3.8) is 0 Å². The van der Waals surface area contributed by atoms with Gasteiger partial charge in [-0.2, -0.15) is 0 Å². The van der Waals surface area contributed by atoms with Gasteiger partial charge in [0.25, 0.3) is 17.7 Å². The fraction of sp³-hybridized carbons (Fsp3) is 0.292. The third-order valence-corrected chi connectivity index (χ3v) is 5.99. The number of anilines is 1. The first-order chi connectivity index (χ1) is 14.9. The lowest BCUT2D eigenvalue weighted by molar-refractivity contribution is -0.138. The van der Waals surface area contributed by atoms with E-state index in [0.717, 1.165) is 36.4 Å². The van der Waals surface area contributed by atoms with Gasteiger partial charge in [-0.15, -0.1) is 0 Å². The summed E-state index contributed by atoms with van der Waals surface area (Å²) in [5, 5.41) is 2.81. The Balaban J connectivity index is 1.44. The second-order valence-corrected chi connectivity index (χ2v) is 8.45. The lowest BCUT2D eigenvalue weighted by atomic mass is 9.99. The molecule has 3 amide bonds. The number of carbonyl (C=O) groups is 3. The summed E-state index contributed by atoms with van der Waals surface area (Å²) < 4.78 is 0. The molecule has 4 rings (SSSR count). The predicted molar refractivity (Wildman–Crippen MR) is 119 cm³/mol. The van der Waals surface area contributed by atoms with Crippen LogP contribution in [0.2, 0.25) is 0 Å². The number of hydrogen-bond donors (Lipinski definition) is 1. The van der Waals surface area contributed by atoms with Crippen molar-refractivity contribution in [1.82, 2.24) is 9.80 Å². The Morgan fingerprint density at radius 3 is 2.45 bits per heavy atom. The van der Waals surface area contributed by atoms with Gasteiger partial charge in [-0.3, -0.25) is 19.3 Å². The topological polar surface area (TPSA) is 69.7 Å². The third-order valence-electron chi connectivity index (χ3n) is 5.64. The molecule has 1 N–H and O–H groups in total. The number of amides is 3. The molecule has 7 heteroatoms. The summed E-state index contributed by atoms with van der Waals surface area (Å²) in [6.45, 7) is 3.86. The summed E-state index contributed by atoms with van der Waals surface area (Å²) in [6.07, 6.45) is 2.17. The largest absolute Gasteiger partial charge is 0.350 e. The maximum Gasteiger partial charge on any atom is 0.279 e. The fourth-order valence-corrected chi connectivity index (χ4v) is 4.19. The van der Waals surface area contributed by atoms with E-state index in [-0.39, 0.29) is 23.2 Å². The van der Waals surface area contributed by atoms with Gasteiger partial charge in [-0.1, -0.05) is 48.9 Å². The zero-order chi connectivity index (χ0) is 22.0. The molecule has 0 unspecified atom stereocenters. The van der Waals surface area contributed by atoms with Crippen LogP contribution in [0.15, 0.2) is 65.3 Å². The minimum Gasteiger partial charge on any atom is -0.350 e. The molecule has 0 radical (unpaired) electrons. The molecule has 0 aromatic heterocycles. The molecule has 2 aromatic carbocycles. The summed E-state index contributed by atoms with van der Waals surface area (Å²) in [5.41, 5.74) is 2.06. The number of halogens is 1. The second-order valence-electron chi connectivity index (χ2n) is 8.07. The predicted octanol–water partition coefficient (Wildman–Crippen LogP) is 3.99. The van der Waals surface area contributed by atoms with E-state index in [2.05, 4.69) is 12.2 Å². The van der Waals surface area contributed by atoms with Crippen molar-refractivity contribution in [2.24, 2.45) is 5.92 Å². The highest BCUT2D eigenvalue weighted by Gasteiger charge is 2.37. The second kappa shape index (κ2) is 8.94. The number of carbonyl (C=O) groups excluding carboxylic acids is 3. The van der Waals surface area contributed by atoms with Crippen molar-refractivity contribution in [3.8, 4) is 0 Å². The highest BCUT2D eigenvalue weighted by Crippen LogP contribution is 2.27. The summed E-state index contributed by atoms with van der Waals surface area (Å²) in [7, 11) is 0. The molecule has 2 aliphatic rings. The molecule has 6 nitrogen and oxygen atoms in total. The van der Waals surface area contributed by atoms with E-state index in [1.807, 2.05) is 35.2 Å². The molecule has 2 heterocycles. The van der Waals surface area contributed by atoms with Gasteiger partial charge in [0.2, 0.25) is 0 Å². The van der Waals surface area contributed by atoms with Gasteiger partial charge >= 0.3 is 0 Å². The van der Waals surface area contributed by atoms with Crippen LogP contribution < -0.4 is 5.32 Å². The molecule has 2 aromatic rings. The van der Waals surface area contributed by atoms with Crippen LogP contribution in [-0.2, 0) is 16.1 Å². The Morgan fingerprint density at radius 1 is 1.06 bits per heavy atom. The fourth-order valence-electron chi connectivity index (χ4n) is 3.96. The van der Waals surface area contributed by atoms with Crippen molar-refractivity contribution in [2.75, 3.05) is 18.4 Å². The standard InChI is InChI=1S/C24H24ClN3O3/c1-16-6-5-13-27(14-16)22(29)18-9-11-19(12-10-18)26-21-20(25)23(30)28(24(21)31)15-17-7-3-2-4-8-17/h2-4,7-12,16,26H,5-6,13-15H2,1H3/t16-/m0/s1. The smallest absolute Gasteiger partial charge is 0.279 e. The number of piperidine rings is 1. The molecular weight excluding hydrogens is 414 g/mol. The lowest BCUT2D eigenvalue weighted by Crippen LogP contribution is -2.39. The number of rotatable bonds is 5. The molecular formula is C24H24ClN3O3. The van der Waals surface area contributed by atoms with Crippen molar-refractivity contribution in [3.05, 3.63) is 76.5 Å². The number of nitrogens with zero attached hydrogens (tertiary/aromatic N) is 2. The first-order valence-corrected chi connectivity index (χ1v) is 10.8. The molecule has 0 saturated carbocycles. The van der Waals surface area contributed by atoms with Crippen molar-refractivity contribution < 1.29 is 14.4 Å². The van der Waals surface area contributed by atoms with E-state index in [4.69, 9.17) is 11.6 Å². The minimum absolute atomic E-state index is 0.0107. The maximum atomic E-state index is 12.8. The van der Waals surface area contributed by atoms with Crippen LogP contribution in [-0.4, -0.2) is 40.6 Å². The minimum atomic E-state index is -0.524. The Morgan fingerprint density at radius 2 is 1.77 bits per heavy atom. The van der Waals surface area contributed by atoms with E-state index in [9.17, 15) is 14.4 Å². The van der Waals surface area contributed by atoms with Crippen molar-refractivity contribution in [1.29, 1.82) is 0 Å². The highest BCUT2D eigenvalue weighted by molar-refractivity contribution is 6.48. The molecule has 0 bridgehead atoms. The lowest BCUT2D eigenvalue weighted by Gasteiger charge is -2.31. The molecule has 2 aliphatic heterocycles. The first-order valence-electron chi connectivity index (χ1n) is 10.4. The van der Waals surface area contributed by atoms with Gasteiger partial charge in [-0.05, 0) is 48.6 Å². The molecule has 1 saturated heterocycles. The third kappa shape index (κ3) is 4.49. The van der Waals surface area contributed by atoms with Crippen LogP contribution in [0.1, 0.15) is 35.7 Å². The Bertz CT molecular complexity index is 1030. The van der Waals surface area contributed by atoms with E-state index in [1.165, 1.54) is 0 Å². The number of benzene rings is 2. The van der Waals surface area contributed by atoms with Crippen LogP contribution in [0.5, 0.6) is 0 Å². The zero-order valence-corrected chi connectivity index (χ0v) is 18.1. The normalized spacial score (nSPS) is 19.2. The molecule has 0 spiro atoms. The average Bonchev–Trinajstić information content (AvgIpc) is 2.98. The van der Waals surface area contributed by atoms with Gasteiger partial charge in [0, 0.05) is 24.3 Å². The molecule has 0 aliphatic carbocycles. The number of imide groups is 1. The SMILES string of the molecule is C[C@H]1CCCN(C(=O)c2ccc(NC3=C(Cl)C(=O)N(Cc4ccccc4)C3=O)cc2)C1. The number of likely N-dealkylation sites (tertiary alicyclic amines) is 1. The summed E-state index contributed by atoms with van der Waals surface area (Å²) in [4.78, 5) is 41.0. The maximum absolute atomic E-state index is 12.8.